The molecule has 0 spiro atoms. The minimum Gasteiger partial charge on any atom is -0.497 e. The van der Waals surface area contributed by atoms with Crippen molar-refractivity contribution in [1.29, 1.82) is 0 Å². The van der Waals surface area contributed by atoms with Gasteiger partial charge in [-0.1, -0.05) is 36.4 Å². The fourth-order valence-electron chi connectivity index (χ4n) is 3.74. The number of rotatable bonds is 9. The summed E-state index contributed by atoms with van der Waals surface area (Å²) in [6.45, 7) is 3.18. The number of likely N-dealkylation sites (N-methyl/N-ethyl adjacent to an activating group) is 1. The number of nitrogens with one attached hydrogen (secondary N) is 1. The van der Waals surface area contributed by atoms with Crippen molar-refractivity contribution in [1.82, 2.24) is 9.80 Å². The molecule has 0 radical (unpaired) electrons. The first kappa shape index (κ1) is 22.3. The van der Waals surface area contributed by atoms with E-state index in [9.17, 15) is 14.4 Å². The van der Waals surface area contributed by atoms with Gasteiger partial charge in [-0.15, -0.1) is 0 Å². The SMILES string of the molecule is CCN(CC(=O)Nc1cccc(OC)c1)C(=O)C1CC(=O)N(CCc2ccccc2)C1. The number of anilines is 1. The van der Waals surface area contributed by atoms with Crippen LogP contribution in [0.5, 0.6) is 5.75 Å². The van der Waals surface area contributed by atoms with Gasteiger partial charge in [-0.25, -0.2) is 0 Å². The van der Waals surface area contributed by atoms with E-state index in [1.165, 1.54) is 4.90 Å². The second-order valence-electron chi connectivity index (χ2n) is 7.61. The predicted molar refractivity (Wildman–Crippen MR) is 119 cm³/mol. The lowest BCUT2D eigenvalue weighted by atomic mass is 10.1. The molecule has 1 N–H and O–H groups in total. The van der Waals surface area contributed by atoms with E-state index in [0.29, 0.717) is 31.1 Å². The van der Waals surface area contributed by atoms with E-state index in [0.717, 1.165) is 12.0 Å². The second-order valence-corrected chi connectivity index (χ2v) is 7.61. The largest absolute Gasteiger partial charge is 0.497 e. The maximum Gasteiger partial charge on any atom is 0.243 e. The third-order valence-corrected chi connectivity index (χ3v) is 5.46. The van der Waals surface area contributed by atoms with Gasteiger partial charge in [0.1, 0.15) is 5.75 Å². The zero-order valence-corrected chi connectivity index (χ0v) is 18.0. The molecule has 164 valence electrons. The number of hydrogen-bond acceptors (Lipinski definition) is 4. The molecular weight excluding hydrogens is 394 g/mol. The maximum absolute atomic E-state index is 13.0. The molecule has 2 aromatic carbocycles. The summed E-state index contributed by atoms with van der Waals surface area (Å²) < 4.78 is 5.16. The average molecular weight is 424 g/mol. The van der Waals surface area contributed by atoms with Gasteiger partial charge in [0.25, 0.3) is 0 Å². The summed E-state index contributed by atoms with van der Waals surface area (Å²) in [4.78, 5) is 41.1. The Balaban J connectivity index is 1.53. The van der Waals surface area contributed by atoms with Crippen molar-refractivity contribution >= 4 is 23.4 Å². The molecular formula is C24H29N3O4. The number of carbonyl (C=O) groups excluding carboxylic acids is 3. The Labute approximate surface area is 183 Å². The third kappa shape index (κ3) is 6.07. The average Bonchev–Trinajstić information content (AvgIpc) is 3.16. The highest BCUT2D eigenvalue weighted by molar-refractivity contribution is 5.96. The van der Waals surface area contributed by atoms with E-state index in [2.05, 4.69) is 5.32 Å². The first-order chi connectivity index (χ1) is 15.0. The van der Waals surface area contributed by atoms with Crippen molar-refractivity contribution in [2.75, 3.05) is 38.6 Å². The lowest BCUT2D eigenvalue weighted by molar-refractivity contribution is -0.138. The van der Waals surface area contributed by atoms with E-state index >= 15 is 0 Å². The smallest absolute Gasteiger partial charge is 0.243 e. The molecule has 0 bridgehead atoms. The van der Waals surface area contributed by atoms with Gasteiger partial charge in [-0.05, 0) is 31.0 Å². The summed E-state index contributed by atoms with van der Waals surface area (Å²) >= 11 is 0. The molecule has 1 fully saturated rings. The molecule has 2 aromatic rings. The van der Waals surface area contributed by atoms with Crippen LogP contribution in [-0.4, -0.2) is 60.8 Å². The molecule has 31 heavy (non-hydrogen) atoms. The summed E-state index contributed by atoms with van der Waals surface area (Å²) in [6, 6.07) is 17.0. The molecule has 1 saturated heterocycles. The van der Waals surface area contributed by atoms with Crippen LogP contribution in [0.3, 0.4) is 0 Å². The molecule has 7 nitrogen and oxygen atoms in total. The van der Waals surface area contributed by atoms with Crippen molar-refractivity contribution in [3.63, 3.8) is 0 Å². The highest BCUT2D eigenvalue weighted by Gasteiger charge is 2.36. The van der Waals surface area contributed by atoms with Gasteiger partial charge in [0.15, 0.2) is 0 Å². The van der Waals surface area contributed by atoms with Crippen LogP contribution in [0, 0.1) is 5.92 Å². The van der Waals surface area contributed by atoms with Gasteiger partial charge < -0.3 is 19.9 Å². The first-order valence-corrected chi connectivity index (χ1v) is 10.5. The van der Waals surface area contributed by atoms with Crippen molar-refractivity contribution in [2.24, 2.45) is 5.92 Å². The number of ether oxygens (including phenoxy) is 1. The van der Waals surface area contributed by atoms with Crippen molar-refractivity contribution < 1.29 is 19.1 Å². The minimum atomic E-state index is -0.409. The zero-order valence-electron chi connectivity index (χ0n) is 18.0. The van der Waals surface area contributed by atoms with Gasteiger partial charge >= 0.3 is 0 Å². The van der Waals surface area contributed by atoms with Crippen molar-refractivity contribution in [2.45, 2.75) is 19.8 Å². The van der Waals surface area contributed by atoms with Crippen LogP contribution >= 0.6 is 0 Å². The van der Waals surface area contributed by atoms with Gasteiger partial charge in [-0.2, -0.15) is 0 Å². The number of benzene rings is 2. The Morgan fingerprint density at radius 1 is 1.16 bits per heavy atom. The fraction of sp³-hybridized carbons (Fsp3) is 0.375. The van der Waals surface area contributed by atoms with Gasteiger partial charge in [-0.3, -0.25) is 14.4 Å². The monoisotopic (exact) mass is 423 g/mol. The van der Waals surface area contributed by atoms with Crippen LogP contribution in [-0.2, 0) is 20.8 Å². The Hall–Kier alpha value is -3.35. The van der Waals surface area contributed by atoms with Crippen molar-refractivity contribution in [3.05, 3.63) is 60.2 Å². The van der Waals surface area contributed by atoms with Gasteiger partial charge in [0, 0.05) is 37.8 Å². The molecule has 0 aliphatic carbocycles. The van der Waals surface area contributed by atoms with E-state index < -0.39 is 5.92 Å². The summed E-state index contributed by atoms with van der Waals surface area (Å²) in [5.74, 6) is -0.215. The Bertz CT molecular complexity index is 916. The van der Waals surface area contributed by atoms with Crippen molar-refractivity contribution in [3.8, 4) is 5.75 Å². The van der Waals surface area contributed by atoms with E-state index in [-0.39, 0.29) is 30.7 Å². The zero-order chi connectivity index (χ0) is 22.2. The summed E-state index contributed by atoms with van der Waals surface area (Å²) in [5.41, 5.74) is 1.77. The molecule has 7 heteroatoms. The first-order valence-electron chi connectivity index (χ1n) is 10.5. The number of hydrogen-bond donors (Lipinski definition) is 1. The molecule has 1 aliphatic rings. The Morgan fingerprint density at radius 2 is 1.94 bits per heavy atom. The van der Waals surface area contributed by atoms with Gasteiger partial charge in [0.05, 0.1) is 19.6 Å². The van der Waals surface area contributed by atoms with Crippen LogP contribution in [0.2, 0.25) is 0 Å². The summed E-state index contributed by atoms with van der Waals surface area (Å²) in [5, 5.41) is 2.79. The second kappa shape index (κ2) is 10.6. The molecule has 1 atom stereocenters. The Morgan fingerprint density at radius 3 is 2.65 bits per heavy atom. The molecule has 0 aromatic heterocycles. The van der Waals surface area contributed by atoms with E-state index in [1.54, 1.807) is 36.3 Å². The quantitative estimate of drug-likeness (QED) is 0.672. The number of nitrogens with zero attached hydrogens (tertiary/aromatic N) is 2. The number of amides is 3. The maximum atomic E-state index is 13.0. The van der Waals surface area contributed by atoms with Crippen LogP contribution < -0.4 is 10.1 Å². The van der Waals surface area contributed by atoms with E-state index in [1.807, 2.05) is 37.3 Å². The highest BCUT2D eigenvalue weighted by atomic mass is 16.5. The summed E-state index contributed by atoms with van der Waals surface area (Å²) in [7, 11) is 1.56. The predicted octanol–water partition coefficient (Wildman–Crippen LogP) is 2.57. The number of methoxy groups -OCH3 is 1. The lowest BCUT2D eigenvalue weighted by Crippen LogP contribution is -2.42. The van der Waals surface area contributed by atoms with Crippen LogP contribution in [0.4, 0.5) is 5.69 Å². The molecule has 3 amide bonds. The summed E-state index contributed by atoms with van der Waals surface area (Å²) in [6.07, 6.45) is 0.954. The standard InChI is InChI=1S/C24H29N3O4/c1-3-26(17-22(28)25-20-10-7-11-21(15-20)31-2)24(30)19-14-23(29)27(16-19)13-12-18-8-5-4-6-9-18/h4-11,15,19H,3,12-14,16-17H2,1-2H3,(H,25,28). The molecule has 3 rings (SSSR count). The van der Waals surface area contributed by atoms with E-state index in [4.69, 9.17) is 4.74 Å². The molecule has 1 unspecified atom stereocenters. The van der Waals surface area contributed by atoms with Crippen LogP contribution in [0.15, 0.2) is 54.6 Å². The fourth-order valence-corrected chi connectivity index (χ4v) is 3.74. The molecule has 0 saturated carbocycles. The lowest BCUT2D eigenvalue weighted by Gasteiger charge is -2.24. The van der Waals surface area contributed by atoms with Gasteiger partial charge in [0.2, 0.25) is 17.7 Å². The normalized spacial score (nSPS) is 15.6. The van der Waals surface area contributed by atoms with Crippen LogP contribution in [0.1, 0.15) is 18.9 Å². The third-order valence-electron chi connectivity index (χ3n) is 5.46. The topological polar surface area (TPSA) is 79.0 Å². The van der Waals surface area contributed by atoms with Crippen LogP contribution in [0.25, 0.3) is 0 Å². The number of carbonyl (C=O) groups is 3. The number of likely N-dealkylation sites (tertiary alicyclic amines) is 1. The molecule has 1 aliphatic heterocycles. The Kier molecular flexibility index (Phi) is 7.65. The highest BCUT2D eigenvalue weighted by Crippen LogP contribution is 2.21. The minimum absolute atomic E-state index is 0.00818. The molecule has 1 heterocycles.